The summed E-state index contributed by atoms with van der Waals surface area (Å²) < 4.78 is 13.1. The first-order chi connectivity index (χ1) is 7.47. The lowest BCUT2D eigenvalue weighted by molar-refractivity contribution is 0.109. The summed E-state index contributed by atoms with van der Waals surface area (Å²) >= 11 is 0. The highest BCUT2D eigenvalue weighted by atomic mass is 19.1. The third-order valence-electron chi connectivity index (χ3n) is 2.92. The second-order valence-electron chi connectivity index (χ2n) is 4.51. The Balaban J connectivity index is 2.94. The lowest BCUT2D eigenvalue weighted by Gasteiger charge is -2.26. The van der Waals surface area contributed by atoms with Crippen molar-refractivity contribution in [2.24, 2.45) is 5.92 Å². The van der Waals surface area contributed by atoms with Crippen LogP contribution in [0, 0.1) is 18.7 Å². The molecule has 1 aromatic rings. The molecule has 0 aliphatic carbocycles. The molecular formula is C13H20FNO. The summed E-state index contributed by atoms with van der Waals surface area (Å²) in [5, 5.41) is 13.3. The summed E-state index contributed by atoms with van der Waals surface area (Å²) in [5.74, 6) is 0.0758. The Kier molecular flexibility index (Phi) is 4.44. The van der Waals surface area contributed by atoms with E-state index >= 15 is 0 Å². The van der Waals surface area contributed by atoms with E-state index in [1.165, 1.54) is 6.07 Å². The summed E-state index contributed by atoms with van der Waals surface area (Å²) in [5.41, 5.74) is 1.32. The van der Waals surface area contributed by atoms with Gasteiger partial charge >= 0.3 is 0 Å². The van der Waals surface area contributed by atoms with Crippen LogP contribution in [0.4, 0.5) is 4.39 Å². The molecule has 90 valence electrons. The monoisotopic (exact) mass is 225 g/mol. The van der Waals surface area contributed by atoms with Crippen molar-refractivity contribution < 1.29 is 9.50 Å². The number of halogens is 1. The number of aliphatic hydroxyl groups is 1. The third kappa shape index (κ3) is 2.80. The number of likely N-dealkylation sites (N-methyl/N-ethyl adjacent to an activating group) is 1. The number of hydrogen-bond donors (Lipinski definition) is 2. The van der Waals surface area contributed by atoms with Crippen molar-refractivity contribution in [3.05, 3.63) is 35.1 Å². The molecule has 0 aromatic heterocycles. The van der Waals surface area contributed by atoms with Crippen molar-refractivity contribution in [3.63, 3.8) is 0 Å². The van der Waals surface area contributed by atoms with Crippen LogP contribution >= 0.6 is 0 Å². The van der Waals surface area contributed by atoms with E-state index in [2.05, 4.69) is 5.32 Å². The van der Waals surface area contributed by atoms with Gasteiger partial charge in [0.1, 0.15) is 5.82 Å². The molecule has 0 amide bonds. The number of aliphatic hydroxyl groups excluding tert-OH is 1. The highest BCUT2D eigenvalue weighted by Gasteiger charge is 2.22. The van der Waals surface area contributed by atoms with Gasteiger partial charge in [0.25, 0.3) is 0 Å². The van der Waals surface area contributed by atoms with E-state index in [0.717, 1.165) is 5.56 Å². The summed E-state index contributed by atoms with van der Waals surface area (Å²) in [6.07, 6.45) is -0.607. The van der Waals surface area contributed by atoms with Crippen molar-refractivity contribution in [1.82, 2.24) is 5.32 Å². The largest absolute Gasteiger partial charge is 0.387 e. The molecule has 2 N–H and O–H groups in total. The van der Waals surface area contributed by atoms with Crippen LogP contribution in [0.2, 0.25) is 0 Å². The number of aryl methyl sites for hydroxylation is 1. The lowest BCUT2D eigenvalue weighted by atomic mass is 9.93. The minimum atomic E-state index is -0.607. The molecule has 0 aliphatic rings. The number of nitrogens with one attached hydrogen (secondary N) is 1. The smallest absolute Gasteiger partial charge is 0.126 e. The molecule has 2 nitrogen and oxygen atoms in total. The average Bonchev–Trinajstić information content (AvgIpc) is 2.22. The van der Waals surface area contributed by atoms with Crippen LogP contribution in [-0.2, 0) is 0 Å². The Bertz CT molecular complexity index is 352. The predicted molar refractivity (Wildman–Crippen MR) is 63.8 cm³/mol. The molecule has 0 heterocycles. The Morgan fingerprint density at radius 2 is 1.94 bits per heavy atom. The van der Waals surface area contributed by atoms with Gasteiger partial charge in [0.2, 0.25) is 0 Å². The Morgan fingerprint density at radius 1 is 1.31 bits per heavy atom. The standard InChI is InChI=1S/C13H20FNO/c1-8(2)12(15-4)13(16)10-5-6-11(14)9(3)7-10/h5-8,12-13,15-16H,1-4H3. The number of hydrogen-bond acceptors (Lipinski definition) is 2. The van der Waals surface area contributed by atoms with Crippen molar-refractivity contribution in [2.75, 3.05) is 7.05 Å². The quantitative estimate of drug-likeness (QED) is 0.824. The molecule has 2 atom stereocenters. The van der Waals surface area contributed by atoms with Gasteiger partial charge in [-0.1, -0.05) is 26.0 Å². The first kappa shape index (κ1) is 13.1. The molecule has 0 bridgehead atoms. The maximum absolute atomic E-state index is 13.1. The maximum atomic E-state index is 13.1. The summed E-state index contributed by atoms with van der Waals surface area (Å²) in [7, 11) is 1.82. The van der Waals surface area contributed by atoms with E-state index in [4.69, 9.17) is 0 Å². The molecular weight excluding hydrogens is 205 g/mol. The Hall–Kier alpha value is -0.930. The molecule has 1 rings (SSSR count). The first-order valence-electron chi connectivity index (χ1n) is 5.58. The van der Waals surface area contributed by atoms with Crippen LogP contribution < -0.4 is 5.32 Å². The van der Waals surface area contributed by atoms with Crippen LogP contribution in [0.25, 0.3) is 0 Å². The molecule has 0 saturated carbocycles. The molecule has 1 aromatic carbocycles. The molecule has 0 aliphatic heterocycles. The van der Waals surface area contributed by atoms with Crippen LogP contribution in [0.15, 0.2) is 18.2 Å². The second-order valence-corrected chi connectivity index (χ2v) is 4.51. The molecule has 16 heavy (non-hydrogen) atoms. The van der Waals surface area contributed by atoms with Gasteiger partial charge in [-0.05, 0) is 37.1 Å². The average molecular weight is 225 g/mol. The van der Waals surface area contributed by atoms with Crippen LogP contribution in [0.1, 0.15) is 31.1 Å². The Morgan fingerprint density at radius 3 is 2.38 bits per heavy atom. The van der Waals surface area contributed by atoms with E-state index in [-0.39, 0.29) is 11.9 Å². The van der Waals surface area contributed by atoms with Crippen molar-refractivity contribution in [3.8, 4) is 0 Å². The Labute approximate surface area is 96.5 Å². The molecule has 0 radical (unpaired) electrons. The predicted octanol–water partition coefficient (Wildman–Crippen LogP) is 2.41. The lowest BCUT2D eigenvalue weighted by Crippen LogP contribution is -2.36. The zero-order valence-electron chi connectivity index (χ0n) is 10.3. The minimum absolute atomic E-state index is 0.0233. The third-order valence-corrected chi connectivity index (χ3v) is 2.92. The molecule has 0 fully saturated rings. The molecule has 0 saturated heterocycles. The van der Waals surface area contributed by atoms with E-state index in [1.807, 2.05) is 20.9 Å². The topological polar surface area (TPSA) is 32.3 Å². The van der Waals surface area contributed by atoms with Gasteiger partial charge in [0.15, 0.2) is 0 Å². The van der Waals surface area contributed by atoms with Gasteiger partial charge in [-0.2, -0.15) is 0 Å². The SMILES string of the molecule is CNC(C(C)C)C(O)c1ccc(F)c(C)c1. The van der Waals surface area contributed by atoms with Crippen molar-refractivity contribution in [1.29, 1.82) is 0 Å². The van der Waals surface area contributed by atoms with Crippen LogP contribution in [0.3, 0.4) is 0 Å². The normalized spacial score (nSPS) is 15.2. The summed E-state index contributed by atoms with van der Waals surface area (Å²) in [6, 6.07) is 4.72. The molecule has 2 unspecified atom stereocenters. The second kappa shape index (κ2) is 5.41. The first-order valence-corrected chi connectivity index (χ1v) is 5.58. The van der Waals surface area contributed by atoms with Gasteiger partial charge in [-0.3, -0.25) is 0 Å². The highest BCUT2D eigenvalue weighted by molar-refractivity contribution is 5.26. The van der Waals surface area contributed by atoms with E-state index in [0.29, 0.717) is 11.5 Å². The number of rotatable bonds is 4. The van der Waals surface area contributed by atoms with Gasteiger partial charge in [-0.25, -0.2) is 4.39 Å². The van der Waals surface area contributed by atoms with Gasteiger partial charge in [0, 0.05) is 6.04 Å². The molecule has 0 spiro atoms. The van der Waals surface area contributed by atoms with Crippen molar-refractivity contribution in [2.45, 2.75) is 32.9 Å². The fourth-order valence-corrected chi connectivity index (χ4v) is 1.91. The van der Waals surface area contributed by atoms with Crippen molar-refractivity contribution >= 4 is 0 Å². The number of benzene rings is 1. The van der Waals surface area contributed by atoms with Gasteiger partial charge in [-0.15, -0.1) is 0 Å². The minimum Gasteiger partial charge on any atom is -0.387 e. The van der Waals surface area contributed by atoms with E-state index in [9.17, 15) is 9.50 Å². The van der Waals surface area contributed by atoms with Crippen LogP contribution in [-0.4, -0.2) is 18.2 Å². The van der Waals surface area contributed by atoms with Gasteiger partial charge < -0.3 is 10.4 Å². The van der Waals surface area contributed by atoms with Gasteiger partial charge in [0.05, 0.1) is 6.10 Å². The fraction of sp³-hybridized carbons (Fsp3) is 0.538. The van der Waals surface area contributed by atoms with E-state index < -0.39 is 6.10 Å². The zero-order valence-corrected chi connectivity index (χ0v) is 10.3. The maximum Gasteiger partial charge on any atom is 0.126 e. The summed E-state index contributed by atoms with van der Waals surface area (Å²) in [6.45, 7) is 5.79. The highest BCUT2D eigenvalue weighted by Crippen LogP contribution is 2.23. The van der Waals surface area contributed by atoms with E-state index in [1.54, 1.807) is 19.1 Å². The fourth-order valence-electron chi connectivity index (χ4n) is 1.91. The molecule has 3 heteroatoms. The summed E-state index contributed by atoms with van der Waals surface area (Å²) in [4.78, 5) is 0. The zero-order chi connectivity index (χ0) is 12.3. The van der Waals surface area contributed by atoms with Crippen LogP contribution in [0.5, 0.6) is 0 Å².